The highest BCUT2D eigenvalue weighted by atomic mass is 16.2. The number of carbonyl (C=O) groups excluding carboxylic acids is 2. The number of carbonyl (C=O) groups is 2. The smallest absolute Gasteiger partial charge is 0.268 e. The van der Waals surface area contributed by atoms with Crippen molar-refractivity contribution in [2.24, 2.45) is 0 Å². The van der Waals surface area contributed by atoms with Crippen LogP contribution in [0.3, 0.4) is 0 Å². The highest BCUT2D eigenvalue weighted by Gasteiger charge is 2.37. The molecule has 2 aromatic rings. The number of nitrogens with zero attached hydrogens (tertiary/aromatic N) is 2. The van der Waals surface area contributed by atoms with Crippen molar-refractivity contribution in [2.75, 3.05) is 10.6 Å². The molecule has 0 bridgehead atoms. The quantitative estimate of drug-likeness (QED) is 0.603. The first-order valence-electron chi connectivity index (χ1n) is 5.37. The Balaban J connectivity index is 2.17. The van der Waals surface area contributed by atoms with Crippen molar-refractivity contribution in [2.45, 2.75) is 0 Å². The second kappa shape index (κ2) is 3.66. The summed E-state index contributed by atoms with van der Waals surface area (Å²) in [6.07, 6.45) is 3.06. The number of aromatic nitrogens is 1. The van der Waals surface area contributed by atoms with Gasteiger partial charge in [0.15, 0.2) is 0 Å². The van der Waals surface area contributed by atoms with Crippen molar-refractivity contribution < 1.29 is 9.59 Å². The average Bonchev–Trinajstić information content (AvgIpc) is 2.64. The number of anilines is 2. The molecule has 0 atom stereocenters. The summed E-state index contributed by atoms with van der Waals surface area (Å²) in [7, 11) is 0. The minimum atomic E-state index is -0.390. The van der Waals surface area contributed by atoms with Gasteiger partial charge in [0, 0.05) is 18.1 Å². The van der Waals surface area contributed by atoms with Gasteiger partial charge in [-0.25, -0.2) is 4.90 Å². The molecule has 18 heavy (non-hydrogen) atoms. The third kappa shape index (κ3) is 1.31. The SMILES string of the molecule is Nc1cccc2c1C(=O)N(c1ccncc1)C2=O. The third-order valence-corrected chi connectivity index (χ3v) is 2.87. The van der Waals surface area contributed by atoms with Gasteiger partial charge >= 0.3 is 0 Å². The van der Waals surface area contributed by atoms with Crippen LogP contribution in [0.15, 0.2) is 42.7 Å². The molecule has 0 aliphatic carbocycles. The van der Waals surface area contributed by atoms with Crippen LogP contribution in [-0.2, 0) is 0 Å². The lowest BCUT2D eigenvalue weighted by molar-refractivity contribution is 0.0926. The summed E-state index contributed by atoms with van der Waals surface area (Å²) in [5, 5.41) is 0. The molecule has 5 heteroatoms. The fraction of sp³-hybridized carbons (Fsp3) is 0. The molecule has 1 aliphatic heterocycles. The van der Waals surface area contributed by atoms with E-state index >= 15 is 0 Å². The first-order chi connectivity index (χ1) is 8.70. The molecule has 3 rings (SSSR count). The summed E-state index contributed by atoms with van der Waals surface area (Å²) in [6, 6.07) is 8.10. The van der Waals surface area contributed by atoms with Crippen molar-refractivity contribution in [3.63, 3.8) is 0 Å². The van der Waals surface area contributed by atoms with Crippen LogP contribution < -0.4 is 10.6 Å². The van der Waals surface area contributed by atoms with E-state index < -0.39 is 0 Å². The molecule has 0 unspecified atom stereocenters. The number of pyridine rings is 1. The van der Waals surface area contributed by atoms with Gasteiger partial charge in [-0.15, -0.1) is 0 Å². The molecule has 2 amide bonds. The Bertz CT molecular complexity index is 653. The van der Waals surface area contributed by atoms with Crippen LogP contribution in [0.5, 0.6) is 0 Å². The topological polar surface area (TPSA) is 76.3 Å². The van der Waals surface area contributed by atoms with Crippen LogP contribution in [-0.4, -0.2) is 16.8 Å². The van der Waals surface area contributed by atoms with Crippen LogP contribution >= 0.6 is 0 Å². The molecule has 1 aliphatic rings. The zero-order valence-corrected chi connectivity index (χ0v) is 9.33. The lowest BCUT2D eigenvalue weighted by atomic mass is 10.1. The van der Waals surface area contributed by atoms with Gasteiger partial charge in [-0.05, 0) is 24.3 Å². The van der Waals surface area contributed by atoms with E-state index in [0.29, 0.717) is 16.9 Å². The van der Waals surface area contributed by atoms with E-state index in [1.165, 1.54) is 12.4 Å². The molecule has 0 saturated heterocycles. The van der Waals surface area contributed by atoms with Crippen molar-refractivity contribution >= 4 is 23.2 Å². The largest absolute Gasteiger partial charge is 0.398 e. The molecule has 0 radical (unpaired) electrons. The van der Waals surface area contributed by atoms with Gasteiger partial charge in [-0.3, -0.25) is 14.6 Å². The zero-order chi connectivity index (χ0) is 12.7. The van der Waals surface area contributed by atoms with Gasteiger partial charge < -0.3 is 5.73 Å². The molecule has 0 fully saturated rings. The summed E-state index contributed by atoms with van der Waals surface area (Å²) in [5.41, 5.74) is 7.19. The van der Waals surface area contributed by atoms with E-state index in [1.807, 2.05) is 0 Å². The highest BCUT2D eigenvalue weighted by molar-refractivity contribution is 6.35. The van der Waals surface area contributed by atoms with Crippen molar-refractivity contribution in [1.29, 1.82) is 0 Å². The fourth-order valence-electron chi connectivity index (χ4n) is 2.04. The number of fused-ring (bicyclic) bond motifs is 1. The summed E-state index contributed by atoms with van der Waals surface area (Å²) >= 11 is 0. The Morgan fingerprint density at radius 1 is 1.00 bits per heavy atom. The molecule has 2 N–H and O–H groups in total. The lowest BCUT2D eigenvalue weighted by Gasteiger charge is -2.12. The maximum atomic E-state index is 12.2. The first-order valence-corrected chi connectivity index (χ1v) is 5.37. The Labute approximate surface area is 103 Å². The third-order valence-electron chi connectivity index (χ3n) is 2.87. The van der Waals surface area contributed by atoms with E-state index in [2.05, 4.69) is 4.98 Å². The van der Waals surface area contributed by atoms with Gasteiger partial charge in [0.25, 0.3) is 11.8 Å². The molecule has 2 heterocycles. The standard InChI is InChI=1S/C13H9N3O2/c14-10-3-1-2-9-11(10)13(18)16(12(9)17)8-4-6-15-7-5-8/h1-7H,14H2. The predicted molar refractivity (Wildman–Crippen MR) is 66.2 cm³/mol. The predicted octanol–water partition coefficient (Wildman–Crippen LogP) is 1.46. The first kappa shape index (κ1) is 10.5. The molecule has 5 nitrogen and oxygen atoms in total. The van der Waals surface area contributed by atoms with E-state index in [0.717, 1.165) is 4.90 Å². The fourth-order valence-corrected chi connectivity index (χ4v) is 2.04. The second-order valence-corrected chi connectivity index (χ2v) is 3.92. The van der Waals surface area contributed by atoms with E-state index in [-0.39, 0.29) is 17.4 Å². The average molecular weight is 239 g/mol. The summed E-state index contributed by atoms with van der Waals surface area (Å²) in [5.74, 6) is -0.743. The normalized spacial score (nSPS) is 13.9. The van der Waals surface area contributed by atoms with Crippen molar-refractivity contribution in [3.05, 3.63) is 53.9 Å². The van der Waals surface area contributed by atoms with Gasteiger partial charge in [-0.2, -0.15) is 0 Å². The number of benzene rings is 1. The van der Waals surface area contributed by atoms with Gasteiger partial charge in [-0.1, -0.05) is 6.07 Å². The monoisotopic (exact) mass is 239 g/mol. The number of hydrogen-bond acceptors (Lipinski definition) is 4. The molecule has 1 aromatic carbocycles. The molecule has 0 spiro atoms. The van der Waals surface area contributed by atoms with E-state index in [1.54, 1.807) is 30.3 Å². The maximum absolute atomic E-state index is 12.2. The maximum Gasteiger partial charge on any atom is 0.268 e. The number of imide groups is 1. The Kier molecular flexibility index (Phi) is 2.13. The van der Waals surface area contributed by atoms with Crippen molar-refractivity contribution in [3.8, 4) is 0 Å². The Morgan fingerprint density at radius 2 is 1.72 bits per heavy atom. The lowest BCUT2D eigenvalue weighted by Crippen LogP contribution is -2.29. The molecule has 88 valence electrons. The number of nitrogens with two attached hydrogens (primary N) is 1. The molecule has 0 saturated carbocycles. The summed E-state index contributed by atoms with van der Waals surface area (Å²) in [4.78, 5) is 29.4. The van der Waals surface area contributed by atoms with E-state index in [9.17, 15) is 9.59 Å². The summed E-state index contributed by atoms with van der Waals surface area (Å²) < 4.78 is 0. The molecule has 1 aromatic heterocycles. The van der Waals surface area contributed by atoms with Crippen LogP contribution in [0, 0.1) is 0 Å². The van der Waals surface area contributed by atoms with Gasteiger partial charge in [0.2, 0.25) is 0 Å². The van der Waals surface area contributed by atoms with Gasteiger partial charge in [0.1, 0.15) is 0 Å². The number of nitrogen functional groups attached to an aromatic ring is 1. The highest BCUT2D eigenvalue weighted by Crippen LogP contribution is 2.30. The number of hydrogen-bond donors (Lipinski definition) is 1. The molecular weight excluding hydrogens is 230 g/mol. The van der Waals surface area contributed by atoms with E-state index in [4.69, 9.17) is 5.73 Å². The molecular formula is C13H9N3O2. The van der Waals surface area contributed by atoms with Crippen LogP contribution in [0.25, 0.3) is 0 Å². The minimum absolute atomic E-state index is 0.277. The number of amides is 2. The van der Waals surface area contributed by atoms with Crippen LogP contribution in [0.2, 0.25) is 0 Å². The van der Waals surface area contributed by atoms with Crippen LogP contribution in [0.4, 0.5) is 11.4 Å². The Morgan fingerprint density at radius 3 is 2.39 bits per heavy atom. The Hall–Kier alpha value is -2.69. The second-order valence-electron chi connectivity index (χ2n) is 3.92. The van der Waals surface area contributed by atoms with Crippen molar-refractivity contribution in [1.82, 2.24) is 4.98 Å². The minimum Gasteiger partial charge on any atom is -0.398 e. The summed E-state index contributed by atoms with van der Waals surface area (Å²) in [6.45, 7) is 0. The number of rotatable bonds is 1. The zero-order valence-electron chi connectivity index (χ0n) is 9.33. The van der Waals surface area contributed by atoms with Gasteiger partial charge in [0.05, 0.1) is 16.8 Å². The van der Waals surface area contributed by atoms with Crippen LogP contribution in [0.1, 0.15) is 20.7 Å².